The molecular formula is C16H12Cl2F3NO2. The first-order valence-electron chi connectivity index (χ1n) is 6.77. The fraction of sp³-hybridized carbons (Fsp3) is 0.188. The van der Waals surface area contributed by atoms with E-state index in [2.05, 4.69) is 5.32 Å². The Hall–Kier alpha value is -1.92. The molecule has 0 unspecified atom stereocenters. The summed E-state index contributed by atoms with van der Waals surface area (Å²) >= 11 is 11.8. The van der Waals surface area contributed by atoms with Gasteiger partial charge in [0, 0.05) is 0 Å². The standard InChI is InChI=1S/C16H12Cl2F3NO2/c1-9(24-14-5-3-2-4-12(14)18)15(23)22-13-8-10(16(19,20)21)6-7-11(13)17/h2-9H,1H3,(H,22,23)/t9-/m0/s1. The van der Waals surface area contributed by atoms with Gasteiger partial charge < -0.3 is 10.1 Å². The number of rotatable bonds is 4. The minimum atomic E-state index is -4.54. The number of halogens is 5. The first kappa shape index (κ1) is 18.4. The Bertz CT molecular complexity index is 750. The summed E-state index contributed by atoms with van der Waals surface area (Å²) in [5, 5.41) is 2.62. The highest BCUT2D eigenvalue weighted by molar-refractivity contribution is 6.33. The van der Waals surface area contributed by atoms with Crippen molar-refractivity contribution < 1.29 is 22.7 Å². The maximum Gasteiger partial charge on any atom is 0.416 e. The fourth-order valence-corrected chi connectivity index (χ4v) is 2.16. The quantitative estimate of drug-likeness (QED) is 0.772. The summed E-state index contributed by atoms with van der Waals surface area (Å²) in [6.45, 7) is 1.44. The summed E-state index contributed by atoms with van der Waals surface area (Å²) < 4.78 is 43.6. The molecule has 1 N–H and O–H groups in total. The van der Waals surface area contributed by atoms with Crippen LogP contribution < -0.4 is 10.1 Å². The Balaban J connectivity index is 2.13. The summed E-state index contributed by atoms with van der Waals surface area (Å²) in [7, 11) is 0. The van der Waals surface area contributed by atoms with E-state index in [1.165, 1.54) is 6.92 Å². The number of anilines is 1. The molecule has 1 amide bonds. The van der Waals surface area contributed by atoms with Gasteiger partial charge in [-0.25, -0.2) is 0 Å². The second-order valence-electron chi connectivity index (χ2n) is 4.87. The highest BCUT2D eigenvalue weighted by Crippen LogP contribution is 2.34. The van der Waals surface area contributed by atoms with Gasteiger partial charge in [0.1, 0.15) is 5.75 Å². The zero-order valence-electron chi connectivity index (χ0n) is 12.3. The molecule has 24 heavy (non-hydrogen) atoms. The average molecular weight is 378 g/mol. The Morgan fingerprint density at radius 1 is 1.12 bits per heavy atom. The predicted octanol–water partition coefficient (Wildman–Crippen LogP) is 5.42. The summed E-state index contributed by atoms with van der Waals surface area (Å²) in [6.07, 6.45) is -5.53. The summed E-state index contributed by atoms with van der Waals surface area (Å²) in [5.74, 6) is -0.367. The number of para-hydroxylation sites is 1. The predicted molar refractivity (Wildman–Crippen MR) is 86.6 cm³/mol. The Labute approximate surface area is 146 Å². The van der Waals surface area contributed by atoms with Crippen molar-refractivity contribution in [2.24, 2.45) is 0 Å². The van der Waals surface area contributed by atoms with Crippen molar-refractivity contribution >= 4 is 34.8 Å². The molecule has 0 heterocycles. The number of hydrogen-bond acceptors (Lipinski definition) is 2. The largest absolute Gasteiger partial charge is 0.479 e. The van der Waals surface area contributed by atoms with Crippen LogP contribution in [0, 0.1) is 0 Å². The molecule has 2 rings (SSSR count). The molecule has 0 aliphatic heterocycles. The monoisotopic (exact) mass is 377 g/mol. The van der Waals surface area contributed by atoms with Gasteiger partial charge >= 0.3 is 6.18 Å². The zero-order valence-corrected chi connectivity index (χ0v) is 13.8. The van der Waals surface area contributed by atoms with Gasteiger partial charge in [0.2, 0.25) is 0 Å². The van der Waals surface area contributed by atoms with E-state index in [1.807, 2.05) is 0 Å². The molecule has 0 aromatic heterocycles. The number of alkyl halides is 3. The minimum Gasteiger partial charge on any atom is -0.479 e. The molecule has 0 bridgehead atoms. The van der Waals surface area contributed by atoms with Crippen LogP contribution in [0.3, 0.4) is 0 Å². The molecule has 0 saturated carbocycles. The molecule has 2 aromatic rings. The van der Waals surface area contributed by atoms with E-state index in [9.17, 15) is 18.0 Å². The topological polar surface area (TPSA) is 38.3 Å². The Kier molecular flexibility index (Phi) is 5.62. The van der Waals surface area contributed by atoms with Crippen LogP contribution in [-0.2, 0) is 11.0 Å². The first-order chi connectivity index (χ1) is 11.2. The molecule has 1 atom stereocenters. The number of carbonyl (C=O) groups is 1. The van der Waals surface area contributed by atoms with Gasteiger partial charge in [-0.15, -0.1) is 0 Å². The molecule has 128 valence electrons. The van der Waals surface area contributed by atoms with Gasteiger partial charge in [0.15, 0.2) is 6.10 Å². The van der Waals surface area contributed by atoms with Crippen molar-refractivity contribution in [3.63, 3.8) is 0 Å². The zero-order chi connectivity index (χ0) is 17.9. The third-order valence-corrected chi connectivity index (χ3v) is 3.70. The lowest BCUT2D eigenvalue weighted by atomic mass is 10.2. The van der Waals surface area contributed by atoms with Crippen molar-refractivity contribution in [2.75, 3.05) is 5.32 Å². The van der Waals surface area contributed by atoms with Crippen LogP contribution in [0.5, 0.6) is 5.75 Å². The van der Waals surface area contributed by atoms with Gasteiger partial charge in [0.25, 0.3) is 5.91 Å². The van der Waals surface area contributed by atoms with Crippen LogP contribution in [0.2, 0.25) is 10.0 Å². The third-order valence-electron chi connectivity index (χ3n) is 3.06. The molecule has 0 spiro atoms. The van der Waals surface area contributed by atoms with Gasteiger partial charge in [-0.05, 0) is 37.3 Å². The highest BCUT2D eigenvalue weighted by Gasteiger charge is 2.31. The van der Waals surface area contributed by atoms with Crippen LogP contribution in [0.25, 0.3) is 0 Å². The number of hydrogen-bond donors (Lipinski definition) is 1. The molecule has 3 nitrogen and oxygen atoms in total. The lowest BCUT2D eigenvalue weighted by Crippen LogP contribution is -2.30. The number of nitrogens with one attached hydrogen (secondary N) is 1. The number of amides is 1. The van der Waals surface area contributed by atoms with Gasteiger partial charge in [-0.2, -0.15) is 13.2 Å². The van der Waals surface area contributed by atoms with Gasteiger partial charge in [0.05, 0.1) is 21.3 Å². The van der Waals surface area contributed by atoms with Crippen LogP contribution >= 0.6 is 23.2 Å². The maximum atomic E-state index is 12.7. The molecule has 0 fully saturated rings. The third kappa shape index (κ3) is 4.55. The minimum absolute atomic E-state index is 0.0127. The second kappa shape index (κ2) is 7.32. The SMILES string of the molecule is C[C@H](Oc1ccccc1Cl)C(=O)Nc1cc(C(F)(F)F)ccc1Cl. The average Bonchev–Trinajstić information content (AvgIpc) is 2.50. The van der Waals surface area contributed by atoms with Crippen LogP contribution in [0.1, 0.15) is 12.5 Å². The van der Waals surface area contributed by atoms with Crippen LogP contribution in [0.15, 0.2) is 42.5 Å². The molecule has 0 aliphatic carbocycles. The van der Waals surface area contributed by atoms with Crippen molar-refractivity contribution in [1.82, 2.24) is 0 Å². The van der Waals surface area contributed by atoms with E-state index in [-0.39, 0.29) is 16.5 Å². The van der Waals surface area contributed by atoms with Crippen molar-refractivity contribution in [1.29, 1.82) is 0 Å². The molecule has 0 radical (unpaired) electrons. The molecule has 8 heteroatoms. The molecule has 0 saturated heterocycles. The van der Waals surface area contributed by atoms with E-state index < -0.39 is 23.8 Å². The number of carbonyl (C=O) groups excluding carboxylic acids is 1. The molecule has 2 aromatic carbocycles. The lowest BCUT2D eigenvalue weighted by Gasteiger charge is -2.17. The molecular weight excluding hydrogens is 366 g/mol. The number of ether oxygens (including phenoxy) is 1. The van der Waals surface area contributed by atoms with E-state index >= 15 is 0 Å². The second-order valence-corrected chi connectivity index (χ2v) is 5.69. The summed E-state index contributed by atoms with van der Waals surface area (Å²) in [5.41, 5.74) is -1.06. The van der Waals surface area contributed by atoms with E-state index in [1.54, 1.807) is 24.3 Å². The normalized spacial score (nSPS) is 12.6. The van der Waals surface area contributed by atoms with Crippen molar-refractivity contribution in [3.8, 4) is 5.75 Å². The van der Waals surface area contributed by atoms with E-state index in [4.69, 9.17) is 27.9 Å². The van der Waals surface area contributed by atoms with Crippen molar-refractivity contribution in [3.05, 3.63) is 58.1 Å². The summed E-state index contributed by atoms with van der Waals surface area (Å²) in [4.78, 5) is 12.1. The Morgan fingerprint density at radius 3 is 2.42 bits per heavy atom. The smallest absolute Gasteiger partial charge is 0.416 e. The highest BCUT2D eigenvalue weighted by atomic mass is 35.5. The van der Waals surface area contributed by atoms with Crippen LogP contribution in [-0.4, -0.2) is 12.0 Å². The van der Waals surface area contributed by atoms with E-state index in [0.29, 0.717) is 5.02 Å². The lowest BCUT2D eigenvalue weighted by molar-refractivity contribution is -0.137. The maximum absolute atomic E-state index is 12.7. The summed E-state index contributed by atoms with van der Waals surface area (Å²) in [6, 6.07) is 9.20. The Morgan fingerprint density at radius 2 is 1.79 bits per heavy atom. The van der Waals surface area contributed by atoms with Gasteiger partial charge in [-0.1, -0.05) is 35.3 Å². The first-order valence-corrected chi connectivity index (χ1v) is 7.53. The fourth-order valence-electron chi connectivity index (χ4n) is 1.82. The van der Waals surface area contributed by atoms with Crippen molar-refractivity contribution in [2.45, 2.75) is 19.2 Å². The number of benzene rings is 2. The van der Waals surface area contributed by atoms with Gasteiger partial charge in [-0.3, -0.25) is 4.79 Å². The molecule has 0 aliphatic rings. The van der Waals surface area contributed by atoms with Crippen LogP contribution in [0.4, 0.5) is 18.9 Å². The van der Waals surface area contributed by atoms with E-state index in [0.717, 1.165) is 18.2 Å².